The maximum absolute atomic E-state index is 12.0. The molecule has 0 aliphatic rings. The van der Waals surface area contributed by atoms with E-state index in [2.05, 4.69) is 5.32 Å². The van der Waals surface area contributed by atoms with Gasteiger partial charge in [0.05, 0.1) is 18.8 Å². The molecule has 29 heavy (non-hydrogen) atoms. The third kappa shape index (κ3) is 6.87. The average Bonchev–Trinajstić information content (AvgIpc) is 2.69. The number of carbonyl (C=O) groups excluding carboxylic acids is 2. The standard InChI is InChI=1S/C21H25ClN2O5/c1-3-27-18-7-5-14(11-19(18)28-4-2)9-10-24-20(25)13-29-17-8-6-15(22)12-16(17)21(23)26/h5-8,11-12H,3-4,9-10,13H2,1-2H3,(H2,23,26)(H,24,25). The summed E-state index contributed by atoms with van der Waals surface area (Å²) in [7, 11) is 0. The first kappa shape index (κ1) is 22.4. The van der Waals surface area contributed by atoms with E-state index < -0.39 is 5.91 Å². The van der Waals surface area contributed by atoms with E-state index in [0.29, 0.717) is 42.7 Å². The Balaban J connectivity index is 1.86. The van der Waals surface area contributed by atoms with E-state index in [1.165, 1.54) is 12.1 Å². The molecular weight excluding hydrogens is 396 g/mol. The lowest BCUT2D eigenvalue weighted by atomic mass is 10.1. The number of ether oxygens (including phenoxy) is 3. The van der Waals surface area contributed by atoms with Crippen molar-refractivity contribution in [1.82, 2.24) is 5.32 Å². The largest absolute Gasteiger partial charge is 0.490 e. The highest BCUT2D eigenvalue weighted by molar-refractivity contribution is 6.31. The Labute approximate surface area is 175 Å². The lowest BCUT2D eigenvalue weighted by molar-refractivity contribution is -0.123. The second-order valence-electron chi connectivity index (χ2n) is 6.04. The Morgan fingerprint density at radius 1 is 0.966 bits per heavy atom. The van der Waals surface area contributed by atoms with Crippen molar-refractivity contribution < 1.29 is 23.8 Å². The predicted molar refractivity (Wildman–Crippen MR) is 111 cm³/mol. The van der Waals surface area contributed by atoms with Crippen LogP contribution in [0.2, 0.25) is 5.02 Å². The van der Waals surface area contributed by atoms with Crippen LogP contribution in [0.3, 0.4) is 0 Å². The van der Waals surface area contributed by atoms with Crippen molar-refractivity contribution in [3.63, 3.8) is 0 Å². The summed E-state index contributed by atoms with van der Waals surface area (Å²) in [5.74, 6) is 0.603. The third-order valence-corrected chi connectivity index (χ3v) is 4.14. The minimum Gasteiger partial charge on any atom is -0.490 e. The fourth-order valence-corrected chi connectivity index (χ4v) is 2.78. The highest BCUT2D eigenvalue weighted by Gasteiger charge is 2.12. The van der Waals surface area contributed by atoms with E-state index >= 15 is 0 Å². The molecule has 0 atom stereocenters. The van der Waals surface area contributed by atoms with Gasteiger partial charge in [0.1, 0.15) is 5.75 Å². The summed E-state index contributed by atoms with van der Waals surface area (Å²) in [5, 5.41) is 3.13. The molecule has 2 rings (SSSR count). The van der Waals surface area contributed by atoms with E-state index in [0.717, 1.165) is 5.56 Å². The van der Waals surface area contributed by atoms with Crippen molar-refractivity contribution in [3.05, 3.63) is 52.5 Å². The minimum absolute atomic E-state index is 0.128. The number of nitrogens with one attached hydrogen (secondary N) is 1. The number of carbonyl (C=O) groups is 2. The molecule has 0 radical (unpaired) electrons. The summed E-state index contributed by atoms with van der Waals surface area (Å²) in [6, 6.07) is 10.2. The first-order valence-corrected chi connectivity index (χ1v) is 9.69. The van der Waals surface area contributed by atoms with Crippen LogP contribution in [0.15, 0.2) is 36.4 Å². The summed E-state index contributed by atoms with van der Waals surface area (Å²) in [6.07, 6.45) is 0.617. The van der Waals surface area contributed by atoms with Gasteiger partial charge >= 0.3 is 0 Å². The maximum Gasteiger partial charge on any atom is 0.257 e. The fourth-order valence-electron chi connectivity index (χ4n) is 2.61. The fraction of sp³-hybridized carbons (Fsp3) is 0.333. The van der Waals surface area contributed by atoms with Gasteiger partial charge in [-0.25, -0.2) is 0 Å². The molecule has 156 valence electrons. The Morgan fingerprint density at radius 2 is 1.66 bits per heavy atom. The van der Waals surface area contributed by atoms with Gasteiger partial charge in [-0.3, -0.25) is 9.59 Å². The van der Waals surface area contributed by atoms with Crippen molar-refractivity contribution >= 4 is 23.4 Å². The predicted octanol–water partition coefficient (Wildman–Crippen LogP) is 2.97. The topological polar surface area (TPSA) is 99.9 Å². The first-order chi connectivity index (χ1) is 13.9. The van der Waals surface area contributed by atoms with Gasteiger partial charge in [0.15, 0.2) is 18.1 Å². The quantitative estimate of drug-likeness (QED) is 0.582. The average molecular weight is 421 g/mol. The van der Waals surface area contributed by atoms with Crippen molar-refractivity contribution in [2.45, 2.75) is 20.3 Å². The molecule has 3 N–H and O–H groups in total. The number of primary amides is 1. The summed E-state index contributed by atoms with van der Waals surface area (Å²) < 4.78 is 16.6. The van der Waals surface area contributed by atoms with E-state index in [-0.39, 0.29) is 23.8 Å². The molecule has 0 unspecified atom stereocenters. The molecule has 0 aromatic heterocycles. The van der Waals surface area contributed by atoms with Crippen molar-refractivity contribution in [2.75, 3.05) is 26.4 Å². The molecule has 2 aromatic carbocycles. The number of halogens is 1. The molecule has 0 aliphatic carbocycles. The summed E-state index contributed by atoms with van der Waals surface area (Å²) in [6.45, 7) is 5.10. The zero-order valence-corrected chi connectivity index (χ0v) is 17.3. The summed E-state index contributed by atoms with van der Waals surface area (Å²) in [5.41, 5.74) is 6.43. The molecule has 0 aliphatic heterocycles. The van der Waals surface area contributed by atoms with Crippen molar-refractivity contribution in [2.24, 2.45) is 5.73 Å². The zero-order chi connectivity index (χ0) is 21.2. The van der Waals surface area contributed by atoms with Crippen LogP contribution in [0.25, 0.3) is 0 Å². The second kappa shape index (κ2) is 11.2. The SMILES string of the molecule is CCOc1ccc(CCNC(=O)COc2ccc(Cl)cc2C(N)=O)cc1OCC. The number of hydrogen-bond donors (Lipinski definition) is 2. The van der Waals surface area contributed by atoms with Crippen LogP contribution in [0, 0.1) is 0 Å². The number of hydrogen-bond acceptors (Lipinski definition) is 5. The summed E-state index contributed by atoms with van der Waals surface area (Å²) in [4.78, 5) is 23.5. The van der Waals surface area contributed by atoms with Gasteiger partial charge in [0.25, 0.3) is 11.8 Å². The van der Waals surface area contributed by atoms with Gasteiger partial charge in [-0.2, -0.15) is 0 Å². The van der Waals surface area contributed by atoms with Crippen molar-refractivity contribution in [3.8, 4) is 17.2 Å². The molecule has 2 aromatic rings. The van der Waals surface area contributed by atoms with Gasteiger partial charge in [-0.1, -0.05) is 17.7 Å². The molecule has 2 amide bonds. The molecule has 0 spiro atoms. The van der Waals surface area contributed by atoms with E-state index in [4.69, 9.17) is 31.5 Å². The maximum atomic E-state index is 12.0. The van der Waals surface area contributed by atoms with Crippen LogP contribution in [0.4, 0.5) is 0 Å². The van der Waals surface area contributed by atoms with Gasteiger partial charge in [0, 0.05) is 11.6 Å². The van der Waals surface area contributed by atoms with Crippen LogP contribution in [0.1, 0.15) is 29.8 Å². The Morgan fingerprint density at radius 3 is 2.34 bits per heavy atom. The number of benzene rings is 2. The van der Waals surface area contributed by atoms with Crippen LogP contribution in [-0.2, 0) is 11.2 Å². The highest BCUT2D eigenvalue weighted by Crippen LogP contribution is 2.28. The smallest absolute Gasteiger partial charge is 0.257 e. The van der Waals surface area contributed by atoms with Gasteiger partial charge in [-0.15, -0.1) is 0 Å². The van der Waals surface area contributed by atoms with Crippen LogP contribution >= 0.6 is 11.6 Å². The highest BCUT2D eigenvalue weighted by atomic mass is 35.5. The first-order valence-electron chi connectivity index (χ1n) is 9.32. The lowest BCUT2D eigenvalue weighted by Crippen LogP contribution is -2.31. The van der Waals surface area contributed by atoms with Gasteiger partial charge in [0.2, 0.25) is 0 Å². The van der Waals surface area contributed by atoms with E-state index in [1.807, 2.05) is 32.0 Å². The number of amides is 2. The Hall–Kier alpha value is -2.93. The van der Waals surface area contributed by atoms with Gasteiger partial charge in [-0.05, 0) is 56.2 Å². The van der Waals surface area contributed by atoms with Crippen LogP contribution < -0.4 is 25.3 Å². The van der Waals surface area contributed by atoms with E-state index in [9.17, 15) is 9.59 Å². The Bertz CT molecular complexity index is 857. The second-order valence-corrected chi connectivity index (χ2v) is 6.48. The zero-order valence-electron chi connectivity index (χ0n) is 16.5. The third-order valence-electron chi connectivity index (χ3n) is 3.91. The molecule has 0 heterocycles. The minimum atomic E-state index is -0.677. The van der Waals surface area contributed by atoms with Crippen LogP contribution in [-0.4, -0.2) is 38.2 Å². The van der Waals surface area contributed by atoms with Gasteiger partial charge < -0.3 is 25.3 Å². The normalized spacial score (nSPS) is 10.3. The molecule has 0 saturated heterocycles. The lowest BCUT2D eigenvalue weighted by Gasteiger charge is -2.13. The molecule has 0 fully saturated rings. The number of rotatable bonds is 11. The summed E-state index contributed by atoms with van der Waals surface area (Å²) >= 11 is 5.85. The molecule has 0 saturated carbocycles. The molecular formula is C21H25ClN2O5. The monoisotopic (exact) mass is 420 g/mol. The Kier molecular flexibility index (Phi) is 8.61. The van der Waals surface area contributed by atoms with Crippen molar-refractivity contribution in [1.29, 1.82) is 0 Å². The van der Waals surface area contributed by atoms with Crippen LogP contribution in [0.5, 0.6) is 17.2 Å². The van der Waals surface area contributed by atoms with E-state index in [1.54, 1.807) is 6.07 Å². The molecule has 0 bridgehead atoms. The molecule has 7 nitrogen and oxygen atoms in total. The molecule has 8 heteroatoms. The number of nitrogens with two attached hydrogens (primary N) is 1.